The van der Waals surface area contributed by atoms with E-state index in [0.29, 0.717) is 18.9 Å². The van der Waals surface area contributed by atoms with Gasteiger partial charge in [0, 0.05) is 6.42 Å². The zero-order valence-electron chi connectivity index (χ0n) is 8.55. The van der Waals surface area contributed by atoms with Crippen molar-refractivity contribution in [2.24, 2.45) is 5.92 Å². The molecule has 0 aromatic rings. The summed E-state index contributed by atoms with van der Waals surface area (Å²) in [4.78, 5) is 11.2. The topological polar surface area (TPSA) is 26.3 Å². The Morgan fingerprint density at radius 2 is 1.85 bits per heavy atom. The van der Waals surface area contributed by atoms with Gasteiger partial charge in [0.15, 0.2) is 0 Å². The Balaban J connectivity index is 2.21. The normalized spacial score (nSPS) is 19.5. The molecule has 0 aromatic heterocycles. The van der Waals surface area contributed by atoms with Crippen LogP contribution in [0.15, 0.2) is 0 Å². The first-order chi connectivity index (χ1) is 6.33. The lowest BCUT2D eigenvalue weighted by atomic mass is 9.97. The van der Waals surface area contributed by atoms with Crippen LogP contribution in [-0.4, -0.2) is 12.6 Å². The highest BCUT2D eigenvalue weighted by atomic mass is 16.5. The lowest BCUT2D eigenvalue weighted by Gasteiger charge is -2.12. The van der Waals surface area contributed by atoms with Crippen molar-refractivity contribution in [2.45, 2.75) is 51.9 Å². The van der Waals surface area contributed by atoms with Crippen molar-refractivity contribution in [3.63, 3.8) is 0 Å². The number of rotatable bonds is 3. The molecular weight excluding hydrogens is 164 g/mol. The van der Waals surface area contributed by atoms with Crippen molar-refractivity contribution in [2.75, 3.05) is 6.61 Å². The molecule has 0 N–H and O–H groups in total. The second-order valence-electron chi connectivity index (χ2n) is 3.87. The third kappa shape index (κ3) is 4.30. The molecule has 0 atom stereocenters. The molecule has 0 aromatic carbocycles. The zero-order valence-corrected chi connectivity index (χ0v) is 8.55. The fourth-order valence-corrected chi connectivity index (χ4v) is 2.02. The van der Waals surface area contributed by atoms with Gasteiger partial charge in [-0.2, -0.15) is 0 Å². The summed E-state index contributed by atoms with van der Waals surface area (Å²) in [6.45, 7) is 2.39. The summed E-state index contributed by atoms with van der Waals surface area (Å²) in [5, 5.41) is 0. The summed E-state index contributed by atoms with van der Waals surface area (Å²) in [5.74, 6) is 0.593. The third-order valence-electron chi connectivity index (χ3n) is 2.74. The molecule has 1 saturated carbocycles. The molecule has 1 fully saturated rings. The molecule has 0 heterocycles. The van der Waals surface area contributed by atoms with E-state index in [0.717, 1.165) is 0 Å². The first-order valence-corrected chi connectivity index (χ1v) is 5.48. The molecule has 1 aliphatic carbocycles. The summed E-state index contributed by atoms with van der Waals surface area (Å²) < 4.78 is 4.95. The van der Waals surface area contributed by atoms with E-state index in [1.807, 2.05) is 6.92 Å². The lowest BCUT2D eigenvalue weighted by molar-refractivity contribution is -0.144. The van der Waals surface area contributed by atoms with Gasteiger partial charge in [0.2, 0.25) is 0 Å². The Morgan fingerprint density at radius 3 is 2.38 bits per heavy atom. The second-order valence-corrected chi connectivity index (χ2v) is 3.87. The van der Waals surface area contributed by atoms with E-state index in [1.54, 1.807) is 0 Å². The summed E-state index contributed by atoms with van der Waals surface area (Å²) in [6, 6.07) is 0. The molecule has 2 heteroatoms. The Morgan fingerprint density at radius 1 is 1.23 bits per heavy atom. The van der Waals surface area contributed by atoms with E-state index in [9.17, 15) is 4.79 Å². The predicted octanol–water partition coefficient (Wildman–Crippen LogP) is 2.91. The van der Waals surface area contributed by atoms with E-state index in [4.69, 9.17) is 4.74 Å². The quantitative estimate of drug-likeness (QED) is 0.498. The standard InChI is InChI=1S/C11H20O2/c1-2-13-11(12)9-10-7-5-3-4-6-8-10/h10H,2-9H2,1H3. The Bertz CT molecular complexity index is 146. The fraction of sp³-hybridized carbons (Fsp3) is 0.909. The van der Waals surface area contributed by atoms with Crippen LogP contribution in [0.1, 0.15) is 51.9 Å². The summed E-state index contributed by atoms with van der Waals surface area (Å²) in [5.41, 5.74) is 0. The molecule has 0 radical (unpaired) electrons. The largest absolute Gasteiger partial charge is 0.466 e. The molecule has 13 heavy (non-hydrogen) atoms. The van der Waals surface area contributed by atoms with Gasteiger partial charge in [0.05, 0.1) is 6.61 Å². The van der Waals surface area contributed by atoms with Gasteiger partial charge in [-0.15, -0.1) is 0 Å². The van der Waals surface area contributed by atoms with Gasteiger partial charge in [0.25, 0.3) is 0 Å². The van der Waals surface area contributed by atoms with Gasteiger partial charge in [-0.3, -0.25) is 4.79 Å². The fourth-order valence-electron chi connectivity index (χ4n) is 2.02. The SMILES string of the molecule is CCOC(=O)CC1CCCCCC1. The number of carbonyl (C=O) groups is 1. The molecule has 0 bridgehead atoms. The van der Waals surface area contributed by atoms with Crippen molar-refractivity contribution >= 4 is 5.97 Å². The Kier molecular flexibility index (Phi) is 4.87. The van der Waals surface area contributed by atoms with Gasteiger partial charge >= 0.3 is 5.97 Å². The molecule has 0 amide bonds. The van der Waals surface area contributed by atoms with Crippen molar-refractivity contribution in [3.05, 3.63) is 0 Å². The highest BCUT2D eigenvalue weighted by Crippen LogP contribution is 2.25. The number of hydrogen-bond acceptors (Lipinski definition) is 2. The van der Waals surface area contributed by atoms with Crippen LogP contribution in [0.25, 0.3) is 0 Å². The van der Waals surface area contributed by atoms with E-state index in [1.165, 1.54) is 38.5 Å². The number of carbonyl (C=O) groups excluding carboxylic acids is 1. The summed E-state index contributed by atoms with van der Waals surface area (Å²) in [6.07, 6.45) is 8.37. The Hall–Kier alpha value is -0.530. The van der Waals surface area contributed by atoms with Crippen molar-refractivity contribution in [1.29, 1.82) is 0 Å². The smallest absolute Gasteiger partial charge is 0.306 e. The van der Waals surface area contributed by atoms with Crippen LogP contribution >= 0.6 is 0 Å². The maximum Gasteiger partial charge on any atom is 0.306 e. The minimum absolute atomic E-state index is 0.00519. The molecule has 0 spiro atoms. The van der Waals surface area contributed by atoms with Gasteiger partial charge in [0.1, 0.15) is 0 Å². The van der Waals surface area contributed by atoms with Crippen molar-refractivity contribution in [1.82, 2.24) is 0 Å². The average molecular weight is 184 g/mol. The molecular formula is C11H20O2. The van der Waals surface area contributed by atoms with Crippen LogP contribution in [-0.2, 0) is 9.53 Å². The van der Waals surface area contributed by atoms with Crippen LogP contribution in [0.2, 0.25) is 0 Å². The first-order valence-electron chi connectivity index (χ1n) is 5.48. The van der Waals surface area contributed by atoms with Gasteiger partial charge in [-0.05, 0) is 25.7 Å². The molecule has 1 aliphatic rings. The lowest BCUT2D eigenvalue weighted by Crippen LogP contribution is -2.10. The van der Waals surface area contributed by atoms with E-state index in [-0.39, 0.29) is 5.97 Å². The predicted molar refractivity (Wildman–Crippen MR) is 52.4 cm³/mol. The highest BCUT2D eigenvalue weighted by Gasteiger charge is 2.16. The van der Waals surface area contributed by atoms with Crippen molar-refractivity contribution < 1.29 is 9.53 Å². The van der Waals surface area contributed by atoms with Gasteiger partial charge in [-0.25, -0.2) is 0 Å². The van der Waals surface area contributed by atoms with E-state index >= 15 is 0 Å². The van der Waals surface area contributed by atoms with Crippen LogP contribution in [0.3, 0.4) is 0 Å². The second kappa shape index (κ2) is 6.01. The van der Waals surface area contributed by atoms with Crippen LogP contribution < -0.4 is 0 Å². The van der Waals surface area contributed by atoms with Crippen LogP contribution in [0, 0.1) is 5.92 Å². The molecule has 0 unspecified atom stereocenters. The van der Waals surface area contributed by atoms with Crippen molar-refractivity contribution in [3.8, 4) is 0 Å². The third-order valence-corrected chi connectivity index (χ3v) is 2.74. The summed E-state index contributed by atoms with van der Waals surface area (Å²) in [7, 11) is 0. The zero-order chi connectivity index (χ0) is 9.52. The maximum atomic E-state index is 11.2. The monoisotopic (exact) mass is 184 g/mol. The van der Waals surface area contributed by atoms with Gasteiger partial charge in [-0.1, -0.05) is 25.7 Å². The Labute approximate surface area is 80.7 Å². The molecule has 0 saturated heterocycles. The maximum absolute atomic E-state index is 11.2. The number of ether oxygens (including phenoxy) is 1. The molecule has 2 nitrogen and oxygen atoms in total. The molecule has 0 aliphatic heterocycles. The first kappa shape index (κ1) is 10.6. The van der Waals surface area contributed by atoms with E-state index < -0.39 is 0 Å². The minimum Gasteiger partial charge on any atom is -0.466 e. The van der Waals surface area contributed by atoms with Crippen LogP contribution in [0.4, 0.5) is 0 Å². The summed E-state index contributed by atoms with van der Waals surface area (Å²) >= 11 is 0. The van der Waals surface area contributed by atoms with E-state index in [2.05, 4.69) is 0 Å². The highest BCUT2D eigenvalue weighted by molar-refractivity contribution is 5.69. The number of hydrogen-bond donors (Lipinski definition) is 0. The average Bonchev–Trinajstić information content (AvgIpc) is 2.33. The molecule has 1 rings (SSSR count). The molecule has 76 valence electrons. The number of esters is 1. The van der Waals surface area contributed by atoms with Crippen LogP contribution in [0.5, 0.6) is 0 Å². The minimum atomic E-state index is -0.00519. The van der Waals surface area contributed by atoms with Gasteiger partial charge < -0.3 is 4.74 Å².